The molecule has 0 saturated heterocycles. The normalized spacial score (nSPS) is 58.0. The van der Waals surface area contributed by atoms with Crippen molar-refractivity contribution in [1.29, 1.82) is 0 Å². The molecule has 4 fully saturated rings. The van der Waals surface area contributed by atoms with Gasteiger partial charge >= 0.3 is 0 Å². The number of aliphatic hydroxyl groups is 1. The highest BCUT2D eigenvalue weighted by atomic mass is 16.3. The van der Waals surface area contributed by atoms with Crippen LogP contribution in [0.25, 0.3) is 0 Å². The van der Waals surface area contributed by atoms with E-state index in [1.54, 1.807) is 0 Å². The van der Waals surface area contributed by atoms with E-state index in [9.17, 15) is 5.11 Å². The summed E-state index contributed by atoms with van der Waals surface area (Å²) in [5, 5.41) is 10.6. The molecule has 0 radical (unpaired) electrons. The highest BCUT2D eigenvalue weighted by molar-refractivity contribution is 5.09. The van der Waals surface area contributed by atoms with Gasteiger partial charge in [-0.3, -0.25) is 0 Å². The summed E-state index contributed by atoms with van der Waals surface area (Å²) in [7, 11) is 4.52. The van der Waals surface area contributed by atoms with E-state index in [2.05, 4.69) is 19.0 Å². The summed E-state index contributed by atoms with van der Waals surface area (Å²) >= 11 is 0. The molecule has 2 heteroatoms. The summed E-state index contributed by atoms with van der Waals surface area (Å²) in [5.41, 5.74) is 0. The molecule has 0 unspecified atom stereocenters. The molecule has 2 nitrogen and oxygen atoms in total. The molecule has 0 heterocycles. The average molecular weight is 249 g/mol. The smallest absolute Gasteiger partial charge is 0.0602 e. The Kier molecular flexibility index (Phi) is 2.58. The number of hydrogen-bond acceptors (Lipinski definition) is 2. The molecular weight excluding hydrogens is 222 g/mol. The fourth-order valence-corrected chi connectivity index (χ4v) is 6.46. The molecule has 0 aromatic rings. The summed E-state index contributed by atoms with van der Waals surface area (Å²) in [6, 6.07) is 0.766. The maximum atomic E-state index is 10.6. The van der Waals surface area contributed by atoms with Gasteiger partial charge in [0.05, 0.1) is 6.10 Å². The van der Waals surface area contributed by atoms with Gasteiger partial charge in [0.15, 0.2) is 0 Å². The zero-order valence-electron chi connectivity index (χ0n) is 11.8. The predicted octanol–water partition coefficient (Wildman–Crippen LogP) is 2.37. The van der Waals surface area contributed by atoms with Crippen molar-refractivity contribution >= 4 is 0 Å². The molecule has 4 rings (SSSR count). The predicted molar refractivity (Wildman–Crippen MR) is 72.1 cm³/mol. The summed E-state index contributed by atoms with van der Waals surface area (Å²) in [4.78, 5) is 2.48. The van der Waals surface area contributed by atoms with Crippen LogP contribution in [0.4, 0.5) is 0 Å². The van der Waals surface area contributed by atoms with E-state index >= 15 is 0 Å². The van der Waals surface area contributed by atoms with Crippen molar-refractivity contribution in [2.75, 3.05) is 14.1 Å². The van der Waals surface area contributed by atoms with Crippen LogP contribution in [0.1, 0.15) is 38.5 Å². The lowest BCUT2D eigenvalue weighted by atomic mass is 9.68. The summed E-state index contributed by atoms with van der Waals surface area (Å²) in [6.45, 7) is 0. The first-order valence-electron chi connectivity index (χ1n) is 8.01. The second-order valence-corrected chi connectivity index (χ2v) is 7.77. The van der Waals surface area contributed by atoms with Crippen LogP contribution < -0.4 is 0 Å². The summed E-state index contributed by atoms with van der Waals surface area (Å²) in [6.07, 6.45) is 8.42. The largest absolute Gasteiger partial charge is 0.393 e. The van der Waals surface area contributed by atoms with Crippen molar-refractivity contribution in [2.24, 2.45) is 35.5 Å². The number of fused-ring (bicyclic) bond motifs is 4. The monoisotopic (exact) mass is 249 g/mol. The van der Waals surface area contributed by atoms with E-state index in [4.69, 9.17) is 0 Å². The van der Waals surface area contributed by atoms with Crippen LogP contribution >= 0.6 is 0 Å². The molecule has 0 spiro atoms. The first-order valence-corrected chi connectivity index (χ1v) is 8.01. The Morgan fingerprint density at radius 1 is 0.778 bits per heavy atom. The fourth-order valence-electron chi connectivity index (χ4n) is 6.46. The minimum Gasteiger partial charge on any atom is -0.393 e. The first-order chi connectivity index (χ1) is 8.66. The van der Waals surface area contributed by atoms with E-state index in [1.807, 2.05) is 0 Å². The molecule has 0 aromatic heterocycles. The highest BCUT2D eigenvalue weighted by Gasteiger charge is 2.58. The molecule has 1 N–H and O–H groups in total. The van der Waals surface area contributed by atoms with Crippen molar-refractivity contribution in [3.8, 4) is 0 Å². The van der Waals surface area contributed by atoms with E-state index in [0.29, 0.717) is 11.8 Å². The maximum Gasteiger partial charge on any atom is 0.0602 e. The Bertz CT molecular complexity index is 340. The van der Waals surface area contributed by atoms with Gasteiger partial charge in [-0.2, -0.15) is 0 Å². The second-order valence-electron chi connectivity index (χ2n) is 7.77. The average Bonchev–Trinajstić information content (AvgIpc) is 3.06. The molecule has 0 aliphatic heterocycles. The van der Waals surface area contributed by atoms with Crippen LogP contribution in [0.2, 0.25) is 0 Å². The zero-order valence-corrected chi connectivity index (χ0v) is 11.8. The van der Waals surface area contributed by atoms with Crippen LogP contribution in [0.15, 0.2) is 0 Å². The molecule has 4 aliphatic rings. The van der Waals surface area contributed by atoms with Gasteiger partial charge in [0, 0.05) is 6.04 Å². The van der Waals surface area contributed by atoms with Crippen molar-refractivity contribution in [3.05, 3.63) is 0 Å². The van der Waals surface area contributed by atoms with Gasteiger partial charge in [-0.15, -0.1) is 0 Å². The SMILES string of the molecule is CN(C)[C@@H]1[C@H]2CC[C@H](C2)[C@H]1[C@H]1[C@@H]2CC[C@@H](C2)[C@@H]1O. The van der Waals surface area contributed by atoms with E-state index in [-0.39, 0.29) is 6.10 Å². The lowest BCUT2D eigenvalue weighted by Crippen LogP contribution is -2.47. The van der Waals surface area contributed by atoms with Gasteiger partial charge in [0.1, 0.15) is 0 Å². The quantitative estimate of drug-likeness (QED) is 0.812. The maximum absolute atomic E-state index is 10.6. The molecule has 0 aromatic carbocycles. The Hall–Kier alpha value is -0.0800. The highest BCUT2D eigenvalue weighted by Crippen LogP contribution is 2.60. The van der Waals surface area contributed by atoms with E-state index < -0.39 is 0 Å². The Labute approximate surface area is 111 Å². The van der Waals surface area contributed by atoms with Crippen molar-refractivity contribution in [1.82, 2.24) is 4.90 Å². The second kappa shape index (κ2) is 3.96. The van der Waals surface area contributed by atoms with Gasteiger partial charge in [0.2, 0.25) is 0 Å². The lowest BCUT2D eigenvalue weighted by molar-refractivity contribution is -0.0155. The van der Waals surface area contributed by atoms with Crippen molar-refractivity contribution in [3.63, 3.8) is 0 Å². The van der Waals surface area contributed by atoms with E-state index in [0.717, 1.165) is 29.7 Å². The van der Waals surface area contributed by atoms with Gasteiger partial charge in [-0.25, -0.2) is 0 Å². The minimum absolute atomic E-state index is 0.0375. The summed E-state index contributed by atoms with van der Waals surface area (Å²) < 4.78 is 0. The van der Waals surface area contributed by atoms with Crippen LogP contribution in [0, 0.1) is 35.5 Å². The zero-order chi connectivity index (χ0) is 12.4. The summed E-state index contributed by atoms with van der Waals surface area (Å²) in [5.74, 6) is 4.83. The molecule has 102 valence electrons. The Morgan fingerprint density at radius 2 is 1.33 bits per heavy atom. The molecule has 8 atom stereocenters. The van der Waals surface area contributed by atoms with Gasteiger partial charge in [-0.1, -0.05) is 0 Å². The topological polar surface area (TPSA) is 23.5 Å². The third-order valence-corrected chi connectivity index (χ3v) is 6.91. The van der Waals surface area contributed by atoms with E-state index in [1.165, 1.54) is 38.5 Å². The molecule has 0 amide bonds. The molecule has 4 aliphatic carbocycles. The first kappa shape index (κ1) is 11.7. The third kappa shape index (κ3) is 1.42. The minimum atomic E-state index is 0.0375. The molecule has 4 saturated carbocycles. The third-order valence-electron chi connectivity index (χ3n) is 6.91. The van der Waals surface area contributed by atoms with Crippen LogP contribution in [-0.4, -0.2) is 36.2 Å². The number of nitrogens with zero attached hydrogens (tertiary/aromatic N) is 1. The number of aliphatic hydroxyl groups excluding tert-OH is 1. The number of rotatable bonds is 2. The molecule has 4 bridgehead atoms. The number of hydrogen-bond donors (Lipinski definition) is 1. The molecule has 18 heavy (non-hydrogen) atoms. The Morgan fingerprint density at radius 3 is 1.94 bits per heavy atom. The van der Waals surface area contributed by atoms with Gasteiger partial charge in [-0.05, 0) is 88.1 Å². The Balaban J connectivity index is 1.63. The standard InChI is InChI=1S/C16H27NO/c1-17(2)15-11-5-3-9(7-11)13(15)14-10-4-6-12(8-10)16(14)18/h9-16,18H,3-8H2,1-2H3/t9-,10-,11+,12+,13+,14-,15-,16+/m1/s1. The van der Waals surface area contributed by atoms with Crippen molar-refractivity contribution < 1.29 is 5.11 Å². The molecular formula is C16H27NO. The van der Waals surface area contributed by atoms with Gasteiger partial charge < -0.3 is 10.0 Å². The van der Waals surface area contributed by atoms with Gasteiger partial charge in [0.25, 0.3) is 0 Å². The lowest BCUT2D eigenvalue weighted by Gasteiger charge is -2.43. The fraction of sp³-hybridized carbons (Fsp3) is 1.00. The van der Waals surface area contributed by atoms with Crippen molar-refractivity contribution in [2.45, 2.75) is 50.7 Å². The van der Waals surface area contributed by atoms with Crippen LogP contribution in [0.3, 0.4) is 0 Å². The van der Waals surface area contributed by atoms with Crippen LogP contribution in [0.5, 0.6) is 0 Å². The van der Waals surface area contributed by atoms with Crippen LogP contribution in [-0.2, 0) is 0 Å².